The molecule has 0 aliphatic heterocycles. The first-order valence-corrected chi connectivity index (χ1v) is 8.11. The maximum atomic E-state index is 13.1. The number of fused-ring (bicyclic) bond motifs is 1. The van der Waals surface area contributed by atoms with Crippen LogP contribution in [0, 0.1) is 5.82 Å². The van der Waals surface area contributed by atoms with E-state index in [4.69, 9.17) is 4.42 Å². The zero-order chi connectivity index (χ0) is 13.9. The minimum atomic E-state index is -0.311. The van der Waals surface area contributed by atoms with Crippen LogP contribution in [0.1, 0.15) is 42.7 Å². The van der Waals surface area contributed by atoms with Gasteiger partial charge in [0.15, 0.2) is 5.76 Å². The molecule has 1 fully saturated rings. The molecule has 1 aliphatic carbocycles. The highest BCUT2D eigenvalue weighted by molar-refractivity contribution is 8.00. The standard InChI is InChI=1S/C16H17FO2S/c17-12-6-7-15-11(8-12)9-16(19-15)14(18)10-20-13-4-2-1-3-5-13/h6-9,13H,1-5,10H2. The molecule has 0 spiro atoms. The number of Topliss-reactive ketones (excluding diaryl/α,β-unsaturated/α-hetero) is 1. The van der Waals surface area contributed by atoms with Crippen LogP contribution in [0.25, 0.3) is 11.0 Å². The Morgan fingerprint density at radius 3 is 2.85 bits per heavy atom. The van der Waals surface area contributed by atoms with E-state index in [0.29, 0.717) is 27.7 Å². The normalized spacial score (nSPS) is 16.6. The number of halogens is 1. The molecule has 3 rings (SSSR count). The van der Waals surface area contributed by atoms with Crippen molar-refractivity contribution in [1.82, 2.24) is 0 Å². The van der Waals surface area contributed by atoms with Gasteiger partial charge in [-0.25, -0.2) is 4.39 Å². The van der Waals surface area contributed by atoms with E-state index >= 15 is 0 Å². The Hall–Kier alpha value is -1.29. The van der Waals surface area contributed by atoms with Crippen LogP contribution in [0.15, 0.2) is 28.7 Å². The van der Waals surface area contributed by atoms with Crippen molar-refractivity contribution in [3.63, 3.8) is 0 Å². The SMILES string of the molecule is O=C(CSC1CCCCC1)c1cc2cc(F)ccc2o1. The fraction of sp³-hybridized carbons (Fsp3) is 0.438. The predicted molar refractivity (Wildman–Crippen MR) is 79.8 cm³/mol. The van der Waals surface area contributed by atoms with Gasteiger partial charge in [-0.1, -0.05) is 19.3 Å². The van der Waals surface area contributed by atoms with Gasteiger partial charge in [0.1, 0.15) is 11.4 Å². The lowest BCUT2D eigenvalue weighted by atomic mass is 10.0. The van der Waals surface area contributed by atoms with Crippen molar-refractivity contribution < 1.29 is 13.6 Å². The predicted octanol–water partition coefficient (Wildman–Crippen LogP) is 4.82. The summed E-state index contributed by atoms with van der Waals surface area (Å²) in [7, 11) is 0. The van der Waals surface area contributed by atoms with Crippen LogP contribution >= 0.6 is 11.8 Å². The molecule has 0 atom stereocenters. The van der Waals surface area contributed by atoms with Gasteiger partial charge in [0.05, 0.1) is 5.75 Å². The maximum absolute atomic E-state index is 13.1. The van der Waals surface area contributed by atoms with Crippen LogP contribution in [-0.4, -0.2) is 16.8 Å². The quantitative estimate of drug-likeness (QED) is 0.757. The summed E-state index contributed by atoms with van der Waals surface area (Å²) in [5, 5.41) is 1.26. The van der Waals surface area contributed by atoms with Crippen LogP contribution in [0.5, 0.6) is 0 Å². The lowest BCUT2D eigenvalue weighted by molar-refractivity contribution is 0.0994. The van der Waals surface area contributed by atoms with Crippen molar-refractivity contribution in [2.75, 3.05) is 5.75 Å². The Morgan fingerprint density at radius 2 is 2.05 bits per heavy atom. The van der Waals surface area contributed by atoms with Crippen LogP contribution in [-0.2, 0) is 0 Å². The van der Waals surface area contributed by atoms with E-state index in [2.05, 4.69) is 0 Å². The Balaban J connectivity index is 1.65. The minimum absolute atomic E-state index is 0.00261. The first-order valence-electron chi connectivity index (χ1n) is 7.06. The smallest absolute Gasteiger partial charge is 0.207 e. The third kappa shape index (κ3) is 3.06. The molecule has 1 saturated carbocycles. The molecule has 20 heavy (non-hydrogen) atoms. The van der Waals surface area contributed by atoms with Crippen molar-refractivity contribution in [3.05, 3.63) is 35.8 Å². The second kappa shape index (κ2) is 6.00. The number of furan rings is 1. The van der Waals surface area contributed by atoms with Crippen molar-refractivity contribution >= 4 is 28.5 Å². The molecular weight excluding hydrogens is 275 g/mol. The molecule has 0 radical (unpaired) electrons. The number of carbonyl (C=O) groups excluding carboxylic acids is 1. The first-order chi connectivity index (χ1) is 9.72. The zero-order valence-corrected chi connectivity index (χ0v) is 12.0. The molecular formula is C16H17FO2S. The van der Waals surface area contributed by atoms with E-state index < -0.39 is 0 Å². The lowest BCUT2D eigenvalue weighted by Gasteiger charge is -2.20. The third-order valence-corrected chi connectivity index (χ3v) is 5.13. The Morgan fingerprint density at radius 1 is 1.25 bits per heavy atom. The van der Waals surface area contributed by atoms with Crippen molar-refractivity contribution in [1.29, 1.82) is 0 Å². The number of hydrogen-bond acceptors (Lipinski definition) is 3. The van der Waals surface area contributed by atoms with Crippen molar-refractivity contribution in [2.45, 2.75) is 37.4 Å². The van der Waals surface area contributed by atoms with E-state index in [9.17, 15) is 9.18 Å². The average Bonchev–Trinajstić information content (AvgIpc) is 2.89. The van der Waals surface area contributed by atoms with Gasteiger partial charge in [0.2, 0.25) is 5.78 Å². The number of benzene rings is 1. The van der Waals surface area contributed by atoms with Gasteiger partial charge in [-0.3, -0.25) is 4.79 Å². The molecule has 0 amide bonds. The summed E-state index contributed by atoms with van der Waals surface area (Å²) in [6.45, 7) is 0. The van der Waals surface area contributed by atoms with Gasteiger partial charge >= 0.3 is 0 Å². The summed E-state index contributed by atoms with van der Waals surface area (Å²) in [5.74, 6) is 0.479. The number of rotatable bonds is 4. The van der Waals surface area contributed by atoms with E-state index in [1.54, 1.807) is 23.9 Å². The fourth-order valence-corrected chi connectivity index (χ4v) is 3.84. The minimum Gasteiger partial charge on any atom is -0.453 e. The number of carbonyl (C=O) groups is 1. The van der Waals surface area contributed by atoms with Crippen molar-refractivity contribution in [2.24, 2.45) is 0 Å². The second-order valence-electron chi connectivity index (χ2n) is 5.29. The van der Waals surface area contributed by atoms with Crippen LogP contribution in [0.4, 0.5) is 4.39 Å². The van der Waals surface area contributed by atoms with Gasteiger partial charge in [0.25, 0.3) is 0 Å². The Kier molecular flexibility index (Phi) is 4.10. The summed E-state index contributed by atoms with van der Waals surface area (Å²) in [6.07, 6.45) is 6.29. The fourth-order valence-electron chi connectivity index (χ4n) is 2.65. The van der Waals surface area contributed by atoms with E-state index in [1.807, 2.05) is 0 Å². The van der Waals surface area contributed by atoms with Gasteiger partial charge in [-0.05, 0) is 37.1 Å². The largest absolute Gasteiger partial charge is 0.453 e. The van der Waals surface area contributed by atoms with Gasteiger partial charge in [-0.2, -0.15) is 11.8 Å². The van der Waals surface area contributed by atoms with Gasteiger partial charge in [-0.15, -0.1) is 0 Å². The van der Waals surface area contributed by atoms with Crippen LogP contribution in [0.3, 0.4) is 0 Å². The summed E-state index contributed by atoms with van der Waals surface area (Å²) in [6, 6.07) is 5.94. The molecule has 0 unspecified atom stereocenters. The monoisotopic (exact) mass is 292 g/mol. The molecule has 1 aromatic heterocycles. The van der Waals surface area contributed by atoms with Gasteiger partial charge in [0, 0.05) is 10.6 Å². The lowest BCUT2D eigenvalue weighted by Crippen LogP contribution is -2.11. The van der Waals surface area contributed by atoms with Crippen LogP contribution in [0.2, 0.25) is 0 Å². The summed E-state index contributed by atoms with van der Waals surface area (Å²) in [5.41, 5.74) is 0.567. The highest BCUT2D eigenvalue weighted by Gasteiger charge is 2.18. The average molecular weight is 292 g/mol. The summed E-state index contributed by atoms with van der Waals surface area (Å²) in [4.78, 5) is 12.1. The molecule has 1 aromatic carbocycles. The topological polar surface area (TPSA) is 30.2 Å². The van der Waals surface area contributed by atoms with Crippen LogP contribution < -0.4 is 0 Å². The molecule has 0 N–H and O–H groups in total. The molecule has 1 heterocycles. The molecule has 0 saturated heterocycles. The Bertz CT molecular complexity index is 614. The van der Waals surface area contributed by atoms with E-state index in [-0.39, 0.29) is 11.6 Å². The van der Waals surface area contributed by atoms with Crippen molar-refractivity contribution in [3.8, 4) is 0 Å². The first kappa shape index (κ1) is 13.7. The summed E-state index contributed by atoms with van der Waals surface area (Å²) < 4.78 is 18.6. The maximum Gasteiger partial charge on any atom is 0.207 e. The molecule has 1 aliphatic rings. The molecule has 4 heteroatoms. The molecule has 0 bridgehead atoms. The number of thioether (sulfide) groups is 1. The van der Waals surface area contributed by atoms with E-state index in [1.165, 1.54) is 44.2 Å². The number of ketones is 1. The highest BCUT2D eigenvalue weighted by Crippen LogP contribution is 2.29. The summed E-state index contributed by atoms with van der Waals surface area (Å²) >= 11 is 1.73. The third-order valence-electron chi connectivity index (χ3n) is 3.76. The molecule has 2 aromatic rings. The van der Waals surface area contributed by atoms with Gasteiger partial charge < -0.3 is 4.42 Å². The highest BCUT2D eigenvalue weighted by atomic mass is 32.2. The molecule has 2 nitrogen and oxygen atoms in total. The molecule has 106 valence electrons. The van der Waals surface area contributed by atoms with E-state index in [0.717, 1.165) is 0 Å². The Labute approximate surface area is 121 Å². The number of hydrogen-bond donors (Lipinski definition) is 0. The second-order valence-corrected chi connectivity index (χ2v) is 6.58. The zero-order valence-electron chi connectivity index (χ0n) is 11.2.